The fourth-order valence-electron chi connectivity index (χ4n) is 1.40. The van der Waals surface area contributed by atoms with Crippen molar-refractivity contribution >= 4 is 17.4 Å². The molecular weight excluding hydrogens is 235 g/mol. The Kier molecular flexibility index (Phi) is 4.83. The molecule has 0 heterocycles. The zero-order valence-corrected chi connectivity index (χ0v) is 11.0. The SMILES string of the molecule is CC(C)(C#N)CCCSc1ccc(F)cc1N. The molecule has 0 fully saturated rings. The molecule has 4 heteroatoms. The van der Waals surface area contributed by atoms with Crippen LogP contribution in [0.15, 0.2) is 23.1 Å². The molecule has 0 aromatic heterocycles. The molecule has 0 spiro atoms. The van der Waals surface area contributed by atoms with E-state index in [4.69, 9.17) is 11.0 Å². The Hall–Kier alpha value is -1.21. The number of halogens is 1. The molecular formula is C13H17FN2S. The molecule has 0 aliphatic carbocycles. The molecule has 0 aliphatic heterocycles. The van der Waals surface area contributed by atoms with Crippen LogP contribution in [0, 0.1) is 22.6 Å². The van der Waals surface area contributed by atoms with Gasteiger partial charge in [0.25, 0.3) is 0 Å². The minimum absolute atomic E-state index is 0.269. The van der Waals surface area contributed by atoms with Gasteiger partial charge in [0.1, 0.15) is 5.82 Å². The Morgan fingerprint density at radius 2 is 2.18 bits per heavy atom. The van der Waals surface area contributed by atoms with Crippen molar-refractivity contribution in [1.82, 2.24) is 0 Å². The fourth-order valence-corrected chi connectivity index (χ4v) is 2.30. The third-order valence-electron chi connectivity index (χ3n) is 2.48. The van der Waals surface area contributed by atoms with Crippen LogP contribution < -0.4 is 5.73 Å². The van der Waals surface area contributed by atoms with E-state index in [1.54, 1.807) is 17.8 Å². The number of thioether (sulfide) groups is 1. The van der Waals surface area contributed by atoms with Crippen molar-refractivity contribution in [2.24, 2.45) is 5.41 Å². The third kappa shape index (κ3) is 4.66. The summed E-state index contributed by atoms with van der Waals surface area (Å²) in [4.78, 5) is 0.904. The molecule has 0 saturated heterocycles. The summed E-state index contributed by atoms with van der Waals surface area (Å²) in [6.07, 6.45) is 1.81. The first kappa shape index (κ1) is 13.9. The van der Waals surface area contributed by atoms with Gasteiger partial charge < -0.3 is 5.73 Å². The Morgan fingerprint density at radius 3 is 2.76 bits per heavy atom. The summed E-state index contributed by atoms with van der Waals surface area (Å²) in [7, 11) is 0. The predicted octanol–water partition coefficient (Wildman–Crippen LogP) is 3.83. The molecule has 2 nitrogen and oxygen atoms in total. The standard InChI is InChI=1S/C13H17FN2S/c1-13(2,9-15)6-3-7-17-12-5-4-10(14)8-11(12)16/h4-5,8H,3,6-7,16H2,1-2H3. The van der Waals surface area contributed by atoms with Crippen LogP contribution in [0.3, 0.4) is 0 Å². The van der Waals surface area contributed by atoms with Gasteiger partial charge in [0, 0.05) is 10.6 Å². The highest BCUT2D eigenvalue weighted by Crippen LogP contribution is 2.28. The summed E-state index contributed by atoms with van der Waals surface area (Å²) in [6, 6.07) is 6.72. The van der Waals surface area contributed by atoms with Crippen molar-refractivity contribution < 1.29 is 4.39 Å². The normalized spacial score (nSPS) is 11.2. The smallest absolute Gasteiger partial charge is 0.125 e. The summed E-state index contributed by atoms with van der Waals surface area (Å²) in [5.74, 6) is 0.582. The zero-order valence-electron chi connectivity index (χ0n) is 10.2. The van der Waals surface area contributed by atoms with Crippen molar-refractivity contribution in [1.29, 1.82) is 5.26 Å². The second kappa shape index (κ2) is 5.92. The van der Waals surface area contributed by atoms with Gasteiger partial charge in [-0.1, -0.05) is 0 Å². The predicted molar refractivity (Wildman–Crippen MR) is 70.2 cm³/mol. The Balaban J connectivity index is 2.39. The molecule has 0 bridgehead atoms. The average Bonchev–Trinajstić information content (AvgIpc) is 2.27. The van der Waals surface area contributed by atoms with Crippen LogP contribution >= 0.6 is 11.8 Å². The van der Waals surface area contributed by atoms with Gasteiger partial charge in [-0.15, -0.1) is 11.8 Å². The lowest BCUT2D eigenvalue weighted by Gasteiger charge is -2.14. The van der Waals surface area contributed by atoms with Crippen LogP contribution in [0.4, 0.5) is 10.1 Å². The molecule has 0 unspecified atom stereocenters. The second-order valence-electron chi connectivity index (χ2n) is 4.63. The van der Waals surface area contributed by atoms with Crippen LogP contribution in [-0.2, 0) is 0 Å². The zero-order chi connectivity index (χ0) is 12.9. The van der Waals surface area contributed by atoms with Gasteiger partial charge in [0.2, 0.25) is 0 Å². The Bertz CT molecular complexity index is 424. The number of hydrogen-bond donors (Lipinski definition) is 1. The quantitative estimate of drug-likeness (QED) is 0.492. The van der Waals surface area contributed by atoms with Gasteiger partial charge in [0.05, 0.1) is 11.5 Å². The van der Waals surface area contributed by atoms with Crippen molar-refractivity contribution in [3.05, 3.63) is 24.0 Å². The summed E-state index contributed by atoms with van der Waals surface area (Å²) >= 11 is 1.61. The van der Waals surface area contributed by atoms with E-state index in [1.165, 1.54) is 12.1 Å². The maximum atomic E-state index is 12.8. The van der Waals surface area contributed by atoms with Crippen LogP contribution in [0.5, 0.6) is 0 Å². The second-order valence-corrected chi connectivity index (χ2v) is 5.77. The maximum absolute atomic E-state index is 12.8. The number of nitrogen functional groups attached to an aromatic ring is 1. The molecule has 0 aliphatic rings. The first-order valence-corrected chi connectivity index (χ1v) is 6.52. The number of rotatable bonds is 5. The molecule has 0 atom stereocenters. The van der Waals surface area contributed by atoms with E-state index in [-0.39, 0.29) is 11.2 Å². The minimum Gasteiger partial charge on any atom is -0.398 e. The van der Waals surface area contributed by atoms with Gasteiger partial charge >= 0.3 is 0 Å². The first-order valence-electron chi connectivity index (χ1n) is 5.54. The monoisotopic (exact) mass is 252 g/mol. The van der Waals surface area contributed by atoms with Gasteiger partial charge in [-0.05, 0) is 50.6 Å². The average molecular weight is 252 g/mol. The van der Waals surface area contributed by atoms with E-state index < -0.39 is 0 Å². The van der Waals surface area contributed by atoms with E-state index in [1.807, 2.05) is 13.8 Å². The maximum Gasteiger partial charge on any atom is 0.125 e. The molecule has 2 N–H and O–H groups in total. The van der Waals surface area contributed by atoms with Crippen molar-refractivity contribution in [2.45, 2.75) is 31.6 Å². The van der Waals surface area contributed by atoms with Crippen molar-refractivity contribution in [3.63, 3.8) is 0 Å². The number of nitriles is 1. The highest BCUT2D eigenvalue weighted by Gasteiger charge is 2.15. The lowest BCUT2D eigenvalue weighted by atomic mass is 9.90. The molecule has 0 radical (unpaired) electrons. The summed E-state index contributed by atoms with van der Waals surface area (Å²) in [5, 5.41) is 8.87. The summed E-state index contributed by atoms with van der Waals surface area (Å²) in [6.45, 7) is 3.87. The number of hydrogen-bond acceptors (Lipinski definition) is 3. The molecule has 1 aromatic carbocycles. The van der Waals surface area contributed by atoms with Crippen LogP contribution in [-0.4, -0.2) is 5.75 Å². The van der Waals surface area contributed by atoms with Gasteiger partial charge in [-0.3, -0.25) is 0 Å². The highest BCUT2D eigenvalue weighted by atomic mass is 32.2. The number of nitrogens with two attached hydrogens (primary N) is 1. The van der Waals surface area contributed by atoms with Crippen LogP contribution in [0.25, 0.3) is 0 Å². The fraction of sp³-hybridized carbons (Fsp3) is 0.462. The molecule has 1 rings (SSSR count). The van der Waals surface area contributed by atoms with Crippen LogP contribution in [0.1, 0.15) is 26.7 Å². The van der Waals surface area contributed by atoms with E-state index >= 15 is 0 Å². The van der Waals surface area contributed by atoms with Gasteiger partial charge in [0.15, 0.2) is 0 Å². The molecule has 0 amide bonds. The molecule has 92 valence electrons. The Labute approximate surface area is 106 Å². The Morgan fingerprint density at radius 1 is 1.47 bits per heavy atom. The summed E-state index contributed by atoms with van der Waals surface area (Å²) < 4.78 is 12.8. The van der Waals surface area contributed by atoms with Crippen molar-refractivity contribution in [2.75, 3.05) is 11.5 Å². The number of anilines is 1. The van der Waals surface area contributed by atoms with E-state index in [0.717, 1.165) is 23.5 Å². The van der Waals surface area contributed by atoms with Gasteiger partial charge in [-0.25, -0.2) is 4.39 Å². The topological polar surface area (TPSA) is 49.8 Å². The number of benzene rings is 1. The lowest BCUT2D eigenvalue weighted by molar-refractivity contribution is 0.448. The van der Waals surface area contributed by atoms with E-state index in [2.05, 4.69) is 6.07 Å². The van der Waals surface area contributed by atoms with E-state index in [0.29, 0.717) is 5.69 Å². The summed E-state index contributed by atoms with van der Waals surface area (Å²) in [5.41, 5.74) is 5.91. The molecule has 1 aromatic rings. The van der Waals surface area contributed by atoms with Crippen molar-refractivity contribution in [3.8, 4) is 6.07 Å². The van der Waals surface area contributed by atoms with Gasteiger partial charge in [-0.2, -0.15) is 5.26 Å². The molecule has 0 saturated carbocycles. The highest BCUT2D eigenvalue weighted by molar-refractivity contribution is 7.99. The number of nitrogens with zero attached hydrogens (tertiary/aromatic N) is 1. The third-order valence-corrected chi connectivity index (χ3v) is 3.65. The molecule has 17 heavy (non-hydrogen) atoms. The van der Waals surface area contributed by atoms with E-state index in [9.17, 15) is 4.39 Å². The van der Waals surface area contributed by atoms with Crippen LogP contribution in [0.2, 0.25) is 0 Å². The largest absolute Gasteiger partial charge is 0.398 e. The lowest BCUT2D eigenvalue weighted by Crippen LogP contribution is -2.07. The first-order chi connectivity index (χ1) is 7.94. The minimum atomic E-state index is -0.308.